The monoisotopic (exact) mass is 316 g/mol. The lowest BCUT2D eigenvalue weighted by Crippen LogP contribution is -2.40. The molecule has 0 amide bonds. The Hall–Kier alpha value is -1.78. The first kappa shape index (κ1) is 14.8. The third-order valence-corrected chi connectivity index (χ3v) is 5.20. The van der Waals surface area contributed by atoms with Gasteiger partial charge in [-0.2, -0.15) is 0 Å². The molecule has 3 aliphatic rings. The van der Waals surface area contributed by atoms with E-state index < -0.39 is 11.2 Å². The summed E-state index contributed by atoms with van der Waals surface area (Å²) in [7, 11) is 0. The van der Waals surface area contributed by atoms with Crippen LogP contribution in [0.4, 0.5) is 8.78 Å². The first-order chi connectivity index (χ1) is 11.1. The Morgan fingerprint density at radius 3 is 1.35 bits per heavy atom. The van der Waals surface area contributed by atoms with Crippen LogP contribution in [0.25, 0.3) is 0 Å². The Morgan fingerprint density at radius 2 is 1.00 bits per heavy atom. The molecule has 0 radical (unpaired) electrons. The molecule has 23 heavy (non-hydrogen) atoms. The molecular weight excluding hydrogens is 298 g/mol. The van der Waals surface area contributed by atoms with Crippen molar-refractivity contribution in [1.82, 2.24) is 0 Å². The highest BCUT2D eigenvalue weighted by atomic mass is 19.1. The lowest BCUT2D eigenvalue weighted by atomic mass is 9.82. The van der Waals surface area contributed by atoms with Crippen LogP contribution in [0.5, 0.6) is 0 Å². The van der Waals surface area contributed by atoms with Crippen molar-refractivity contribution in [2.45, 2.75) is 43.3 Å². The van der Waals surface area contributed by atoms with Gasteiger partial charge < -0.3 is 0 Å². The molecule has 2 heterocycles. The van der Waals surface area contributed by atoms with Crippen molar-refractivity contribution in [3.05, 3.63) is 71.3 Å². The number of hydrogen-bond acceptors (Lipinski definition) is 2. The summed E-state index contributed by atoms with van der Waals surface area (Å²) in [6.45, 7) is 0. The molecule has 2 nitrogen and oxygen atoms in total. The average Bonchev–Trinajstić information content (AvgIpc) is 2.88. The lowest BCUT2D eigenvalue weighted by molar-refractivity contribution is -0.444. The van der Waals surface area contributed by atoms with E-state index >= 15 is 0 Å². The predicted molar refractivity (Wildman–Crippen MR) is 81.4 cm³/mol. The van der Waals surface area contributed by atoms with Crippen molar-refractivity contribution in [3.63, 3.8) is 0 Å². The van der Waals surface area contributed by atoms with Gasteiger partial charge in [0.1, 0.15) is 22.8 Å². The molecule has 3 fully saturated rings. The van der Waals surface area contributed by atoms with Crippen LogP contribution in [0, 0.1) is 11.6 Å². The minimum Gasteiger partial charge on any atom is -0.224 e. The number of fused-ring (bicyclic) bond motifs is 4. The molecular formula is C19H18F2O2. The molecule has 1 aliphatic carbocycles. The topological polar surface area (TPSA) is 18.5 Å². The zero-order valence-electron chi connectivity index (χ0n) is 12.7. The molecule has 2 unspecified atom stereocenters. The van der Waals surface area contributed by atoms with E-state index in [2.05, 4.69) is 0 Å². The Kier molecular flexibility index (Phi) is 3.47. The smallest absolute Gasteiger partial charge is 0.129 e. The normalized spacial score (nSPS) is 30.2. The molecule has 0 aromatic heterocycles. The minimum absolute atomic E-state index is 0.254. The fourth-order valence-corrected chi connectivity index (χ4v) is 3.82. The van der Waals surface area contributed by atoms with Crippen molar-refractivity contribution < 1.29 is 18.6 Å². The van der Waals surface area contributed by atoms with E-state index in [-0.39, 0.29) is 11.6 Å². The van der Waals surface area contributed by atoms with Crippen molar-refractivity contribution in [1.29, 1.82) is 0 Å². The maximum atomic E-state index is 13.2. The van der Waals surface area contributed by atoms with E-state index in [9.17, 15) is 8.78 Å². The maximum absolute atomic E-state index is 13.2. The zero-order valence-corrected chi connectivity index (χ0v) is 12.7. The van der Waals surface area contributed by atoms with E-state index in [0.29, 0.717) is 0 Å². The van der Waals surface area contributed by atoms with Gasteiger partial charge in [0.2, 0.25) is 0 Å². The van der Waals surface area contributed by atoms with Crippen molar-refractivity contribution in [3.8, 4) is 0 Å². The summed E-state index contributed by atoms with van der Waals surface area (Å²) in [6, 6.07) is 12.9. The van der Waals surface area contributed by atoms with Crippen LogP contribution in [-0.4, -0.2) is 0 Å². The van der Waals surface area contributed by atoms with Crippen LogP contribution >= 0.6 is 0 Å². The van der Waals surface area contributed by atoms with E-state index in [1.54, 1.807) is 24.3 Å². The van der Waals surface area contributed by atoms with Crippen LogP contribution in [0.15, 0.2) is 48.5 Å². The standard InChI is InChI=1S/C19H18F2O2/c20-16-6-2-14(3-7-16)18-10-1-11-19(13-12-18,23-22-18)15-4-8-17(21)9-5-15/h2-9H,1,10-13H2. The van der Waals surface area contributed by atoms with Crippen molar-refractivity contribution in [2.24, 2.45) is 0 Å². The molecule has 5 rings (SSSR count). The molecule has 4 heteroatoms. The van der Waals surface area contributed by atoms with Crippen molar-refractivity contribution >= 4 is 0 Å². The fraction of sp³-hybridized carbons (Fsp3) is 0.368. The number of benzene rings is 2. The summed E-state index contributed by atoms with van der Waals surface area (Å²) >= 11 is 0. The molecule has 2 bridgehead atoms. The summed E-state index contributed by atoms with van der Waals surface area (Å²) in [4.78, 5) is 11.8. The number of rotatable bonds is 2. The fourth-order valence-electron chi connectivity index (χ4n) is 3.82. The van der Waals surface area contributed by atoms with Crippen LogP contribution in [-0.2, 0) is 21.0 Å². The van der Waals surface area contributed by atoms with Gasteiger partial charge in [-0.05, 0) is 67.5 Å². The molecule has 2 atom stereocenters. The maximum Gasteiger partial charge on any atom is 0.129 e. The highest BCUT2D eigenvalue weighted by Gasteiger charge is 2.50. The molecule has 120 valence electrons. The SMILES string of the molecule is Fc1ccc(C23CCCC(c4ccc(F)cc4)(CC2)OO3)cc1. The highest BCUT2D eigenvalue weighted by molar-refractivity contribution is 5.28. The van der Waals surface area contributed by atoms with E-state index in [1.165, 1.54) is 24.3 Å². The highest BCUT2D eigenvalue weighted by Crippen LogP contribution is 2.52. The zero-order chi connectivity index (χ0) is 15.9. The molecule has 2 aromatic carbocycles. The predicted octanol–water partition coefficient (Wildman–Crippen LogP) is 4.98. The van der Waals surface area contributed by atoms with E-state index in [4.69, 9.17) is 9.78 Å². The second-order valence-electron chi connectivity index (χ2n) is 6.52. The Labute approximate surface area is 134 Å². The molecule has 0 N–H and O–H groups in total. The van der Waals surface area contributed by atoms with Crippen LogP contribution in [0.3, 0.4) is 0 Å². The second-order valence-corrected chi connectivity index (χ2v) is 6.52. The second kappa shape index (κ2) is 5.39. The molecule has 0 spiro atoms. The van der Waals surface area contributed by atoms with Gasteiger partial charge in [-0.25, -0.2) is 18.6 Å². The van der Waals surface area contributed by atoms with Gasteiger partial charge in [0, 0.05) is 0 Å². The molecule has 2 aromatic rings. The van der Waals surface area contributed by atoms with Gasteiger partial charge in [0.25, 0.3) is 0 Å². The third-order valence-electron chi connectivity index (χ3n) is 5.20. The summed E-state index contributed by atoms with van der Waals surface area (Å²) in [5.41, 5.74) is 0.892. The van der Waals surface area contributed by atoms with Crippen LogP contribution < -0.4 is 0 Å². The summed E-state index contributed by atoms with van der Waals surface area (Å²) in [6.07, 6.45) is 4.21. The summed E-state index contributed by atoms with van der Waals surface area (Å²) in [5.74, 6) is -0.507. The quantitative estimate of drug-likeness (QED) is 0.727. The van der Waals surface area contributed by atoms with Gasteiger partial charge >= 0.3 is 0 Å². The van der Waals surface area contributed by atoms with Crippen LogP contribution in [0.2, 0.25) is 0 Å². The van der Waals surface area contributed by atoms with Gasteiger partial charge in [-0.15, -0.1) is 0 Å². The number of hydrogen-bond donors (Lipinski definition) is 0. The van der Waals surface area contributed by atoms with Crippen LogP contribution in [0.1, 0.15) is 43.2 Å². The van der Waals surface area contributed by atoms with Crippen molar-refractivity contribution in [2.75, 3.05) is 0 Å². The van der Waals surface area contributed by atoms with Gasteiger partial charge in [0.05, 0.1) is 0 Å². The van der Waals surface area contributed by atoms with E-state index in [0.717, 1.165) is 43.2 Å². The largest absolute Gasteiger partial charge is 0.224 e. The Balaban J connectivity index is 1.65. The average molecular weight is 316 g/mol. The first-order valence-electron chi connectivity index (χ1n) is 8.01. The first-order valence-corrected chi connectivity index (χ1v) is 8.01. The molecule has 1 saturated carbocycles. The minimum atomic E-state index is -0.506. The van der Waals surface area contributed by atoms with Gasteiger partial charge in [-0.3, -0.25) is 0 Å². The Morgan fingerprint density at radius 1 is 0.609 bits per heavy atom. The van der Waals surface area contributed by atoms with Gasteiger partial charge in [-0.1, -0.05) is 24.3 Å². The summed E-state index contributed by atoms with van der Waals surface area (Å²) < 4.78 is 26.4. The summed E-state index contributed by atoms with van der Waals surface area (Å²) in [5, 5.41) is 0. The molecule has 2 saturated heterocycles. The van der Waals surface area contributed by atoms with E-state index in [1.807, 2.05) is 0 Å². The Bertz CT molecular complexity index is 625. The molecule has 2 aliphatic heterocycles. The number of halogens is 2. The third kappa shape index (κ3) is 2.46. The van der Waals surface area contributed by atoms with Gasteiger partial charge in [0.15, 0.2) is 0 Å². The lowest BCUT2D eigenvalue weighted by Gasteiger charge is -2.42.